The number of hydrogen-bond acceptors (Lipinski definition) is 4. The Labute approximate surface area is 136 Å². The fourth-order valence-electron chi connectivity index (χ4n) is 2.03. The van der Waals surface area contributed by atoms with Crippen LogP contribution in [0, 0.1) is 0 Å². The van der Waals surface area contributed by atoms with Gasteiger partial charge in [-0.1, -0.05) is 18.2 Å². The van der Waals surface area contributed by atoms with Crippen molar-refractivity contribution in [1.29, 1.82) is 0 Å². The van der Waals surface area contributed by atoms with Crippen molar-refractivity contribution in [2.45, 2.75) is 19.4 Å². The molecule has 0 aliphatic carbocycles. The second-order valence-electron chi connectivity index (χ2n) is 5.10. The van der Waals surface area contributed by atoms with Crippen LogP contribution in [0.1, 0.15) is 18.4 Å². The molecule has 0 fully saturated rings. The van der Waals surface area contributed by atoms with Gasteiger partial charge in [0.05, 0.1) is 23.2 Å². The van der Waals surface area contributed by atoms with Gasteiger partial charge in [-0.05, 0) is 24.6 Å². The van der Waals surface area contributed by atoms with Gasteiger partial charge in [-0.15, -0.1) is 0 Å². The van der Waals surface area contributed by atoms with E-state index in [-0.39, 0.29) is 5.75 Å². The molecule has 6 nitrogen and oxygen atoms in total. The smallest absolute Gasteiger partial charge is 0.264 e. The Kier molecular flexibility index (Phi) is 6.25. The Morgan fingerprint density at radius 3 is 2.65 bits per heavy atom. The maximum Gasteiger partial charge on any atom is 0.264 e. The summed E-state index contributed by atoms with van der Waals surface area (Å²) in [7, 11) is -3.86. The number of nitrogens with zero attached hydrogens (tertiary/aromatic N) is 2. The van der Waals surface area contributed by atoms with Gasteiger partial charge in [-0.3, -0.25) is 9.98 Å². The maximum atomic E-state index is 10.7. The van der Waals surface area contributed by atoms with E-state index in [1.807, 2.05) is 59.4 Å². The van der Waals surface area contributed by atoms with E-state index in [1.54, 1.807) is 6.21 Å². The zero-order valence-electron chi connectivity index (χ0n) is 12.7. The molecule has 23 heavy (non-hydrogen) atoms. The summed E-state index contributed by atoms with van der Waals surface area (Å²) in [5.41, 5.74) is 4.80. The van der Waals surface area contributed by atoms with Crippen molar-refractivity contribution in [3.8, 4) is 0 Å². The number of nitrogens with one attached hydrogen (secondary N) is 1. The molecule has 0 aliphatic heterocycles. The molecule has 0 bridgehead atoms. The predicted octanol–water partition coefficient (Wildman–Crippen LogP) is 2.09. The third-order valence-corrected chi connectivity index (χ3v) is 3.94. The van der Waals surface area contributed by atoms with Crippen LogP contribution in [-0.4, -0.2) is 24.9 Å². The number of pyridine rings is 1. The molecule has 0 saturated heterocycles. The van der Waals surface area contributed by atoms with Crippen LogP contribution in [0.3, 0.4) is 0 Å². The summed E-state index contributed by atoms with van der Waals surface area (Å²) < 4.78 is 32.0. The van der Waals surface area contributed by atoms with Crippen molar-refractivity contribution in [1.82, 2.24) is 0 Å². The molecule has 0 amide bonds. The Morgan fingerprint density at radius 2 is 1.91 bits per heavy atom. The third kappa shape index (κ3) is 7.03. The van der Waals surface area contributed by atoms with Crippen molar-refractivity contribution in [2.24, 2.45) is 5.10 Å². The zero-order chi connectivity index (χ0) is 16.5. The number of anilines is 1. The predicted molar refractivity (Wildman–Crippen MR) is 89.9 cm³/mol. The van der Waals surface area contributed by atoms with Crippen molar-refractivity contribution in [2.75, 3.05) is 11.2 Å². The minimum absolute atomic E-state index is 0.199. The number of hydrogen-bond donors (Lipinski definition) is 2. The number of benzene rings is 1. The van der Waals surface area contributed by atoms with Crippen LogP contribution in [0.2, 0.25) is 0 Å². The lowest BCUT2D eigenvalue weighted by Crippen LogP contribution is -2.33. The molecule has 122 valence electrons. The Bertz CT molecular complexity index is 746. The molecule has 2 N–H and O–H groups in total. The van der Waals surface area contributed by atoms with Crippen molar-refractivity contribution < 1.29 is 17.5 Å². The molecule has 0 aliphatic rings. The molecule has 2 aromatic rings. The normalized spacial score (nSPS) is 11.7. The van der Waals surface area contributed by atoms with Gasteiger partial charge in [0.2, 0.25) is 0 Å². The highest BCUT2D eigenvalue weighted by Crippen LogP contribution is 2.04. The van der Waals surface area contributed by atoms with Gasteiger partial charge in [0.25, 0.3) is 10.1 Å². The summed E-state index contributed by atoms with van der Waals surface area (Å²) >= 11 is 0. The third-order valence-electron chi connectivity index (χ3n) is 3.13. The van der Waals surface area contributed by atoms with E-state index in [0.29, 0.717) is 19.4 Å². The van der Waals surface area contributed by atoms with E-state index in [2.05, 4.69) is 10.5 Å². The zero-order valence-corrected chi connectivity index (χ0v) is 13.5. The first-order chi connectivity index (χ1) is 11.0. The summed E-state index contributed by atoms with van der Waals surface area (Å²) in [5, 5.41) is 4.18. The Balaban J connectivity index is 1.84. The molecule has 7 heteroatoms. The van der Waals surface area contributed by atoms with Gasteiger partial charge in [0.15, 0.2) is 12.4 Å². The number of unbranched alkanes of at least 4 members (excludes halogenated alkanes) is 1. The average molecular weight is 334 g/mol. The van der Waals surface area contributed by atoms with Crippen LogP contribution >= 0.6 is 0 Å². The summed E-state index contributed by atoms with van der Waals surface area (Å²) in [6.45, 7) is 0.684. The van der Waals surface area contributed by atoms with Crippen LogP contribution in [-0.2, 0) is 16.7 Å². The van der Waals surface area contributed by atoms with Crippen molar-refractivity contribution >= 4 is 22.0 Å². The number of para-hydroxylation sites is 1. The molecular formula is C16H20N3O3S+. The molecular weight excluding hydrogens is 314 g/mol. The molecule has 0 radical (unpaired) electrons. The topological polar surface area (TPSA) is 82.6 Å². The molecule has 0 unspecified atom stereocenters. The molecule has 0 saturated carbocycles. The van der Waals surface area contributed by atoms with E-state index in [1.165, 1.54) is 0 Å². The van der Waals surface area contributed by atoms with E-state index < -0.39 is 10.1 Å². The van der Waals surface area contributed by atoms with Crippen molar-refractivity contribution in [3.63, 3.8) is 0 Å². The lowest BCUT2D eigenvalue weighted by molar-refractivity contribution is -0.697. The summed E-state index contributed by atoms with van der Waals surface area (Å²) in [6, 6.07) is 13.5. The van der Waals surface area contributed by atoms with E-state index in [0.717, 1.165) is 11.3 Å². The van der Waals surface area contributed by atoms with Crippen molar-refractivity contribution in [3.05, 3.63) is 60.4 Å². The summed E-state index contributed by atoms with van der Waals surface area (Å²) in [4.78, 5) is 0. The highest BCUT2D eigenvalue weighted by molar-refractivity contribution is 7.85. The summed E-state index contributed by atoms with van der Waals surface area (Å²) in [5.74, 6) is -0.199. The molecule has 1 aromatic heterocycles. The maximum absolute atomic E-state index is 10.7. The Hall–Kier alpha value is -2.25. The SMILES string of the molecule is O=S(=O)(O)CCCC[n+]1cccc(C=NNc2ccccc2)c1. The van der Waals surface area contributed by atoms with E-state index in [4.69, 9.17) is 4.55 Å². The Morgan fingerprint density at radius 1 is 1.13 bits per heavy atom. The van der Waals surface area contributed by atoms with E-state index >= 15 is 0 Å². The minimum atomic E-state index is -3.86. The summed E-state index contributed by atoms with van der Waals surface area (Å²) in [6.07, 6.45) is 6.67. The highest BCUT2D eigenvalue weighted by atomic mass is 32.2. The van der Waals surface area contributed by atoms with Gasteiger partial charge in [-0.2, -0.15) is 13.5 Å². The standard InChI is InChI=1S/C16H19N3O3S/c20-23(21,22)12-5-4-10-19-11-6-7-15(14-19)13-17-18-16-8-2-1-3-9-16/h1-3,6-9,11,13-14,18H,4-5,10,12H2/p+1. The first-order valence-corrected chi connectivity index (χ1v) is 8.92. The van der Waals surface area contributed by atoms with Gasteiger partial charge in [0.1, 0.15) is 6.54 Å². The van der Waals surface area contributed by atoms with Gasteiger partial charge in [0, 0.05) is 12.5 Å². The van der Waals surface area contributed by atoms with Crippen LogP contribution in [0.4, 0.5) is 5.69 Å². The largest absolute Gasteiger partial charge is 0.286 e. The number of aryl methyl sites for hydroxylation is 1. The highest BCUT2D eigenvalue weighted by Gasteiger charge is 2.06. The minimum Gasteiger partial charge on any atom is -0.286 e. The molecule has 0 atom stereocenters. The average Bonchev–Trinajstić information content (AvgIpc) is 2.52. The number of rotatable bonds is 8. The molecule has 2 rings (SSSR count). The van der Waals surface area contributed by atoms with Gasteiger partial charge >= 0.3 is 0 Å². The first kappa shape index (κ1) is 17.1. The van der Waals surface area contributed by atoms with Crippen LogP contribution in [0.25, 0.3) is 0 Å². The second kappa shape index (κ2) is 8.40. The van der Waals surface area contributed by atoms with E-state index in [9.17, 15) is 8.42 Å². The van der Waals surface area contributed by atoms with Gasteiger partial charge < -0.3 is 0 Å². The van der Waals surface area contributed by atoms with Crippen LogP contribution in [0.5, 0.6) is 0 Å². The molecule has 1 heterocycles. The van der Waals surface area contributed by atoms with Crippen LogP contribution < -0.4 is 9.99 Å². The number of aromatic nitrogens is 1. The lowest BCUT2D eigenvalue weighted by Gasteiger charge is -1.99. The molecule has 1 aromatic carbocycles. The van der Waals surface area contributed by atoms with Crippen LogP contribution in [0.15, 0.2) is 60.0 Å². The fraction of sp³-hybridized carbons (Fsp3) is 0.250. The second-order valence-corrected chi connectivity index (χ2v) is 6.68. The quantitative estimate of drug-likeness (QED) is 0.255. The lowest BCUT2D eigenvalue weighted by atomic mass is 10.3. The fourth-order valence-corrected chi connectivity index (χ4v) is 2.60. The first-order valence-electron chi connectivity index (χ1n) is 7.31. The monoisotopic (exact) mass is 334 g/mol. The van der Waals surface area contributed by atoms with Gasteiger partial charge in [-0.25, -0.2) is 4.57 Å². The number of hydrazone groups is 1. The molecule has 0 spiro atoms.